The second-order valence-corrected chi connectivity index (χ2v) is 5.90. The maximum Gasteiger partial charge on any atom is 0.346 e. The minimum absolute atomic E-state index is 0.0624. The van der Waals surface area contributed by atoms with Gasteiger partial charge in [0.05, 0.1) is 28.7 Å². The molecule has 4 rings (SSSR count). The summed E-state index contributed by atoms with van der Waals surface area (Å²) in [4.78, 5) is 71.4. The van der Waals surface area contributed by atoms with Crippen molar-refractivity contribution in [3.8, 4) is 0 Å². The highest BCUT2D eigenvalue weighted by Gasteiger charge is 2.31. The third-order valence-corrected chi connectivity index (χ3v) is 4.24. The van der Waals surface area contributed by atoms with Gasteiger partial charge < -0.3 is 9.47 Å². The highest BCUT2D eigenvalue weighted by Crippen LogP contribution is 2.24. The van der Waals surface area contributed by atoms with Gasteiger partial charge in [-0.05, 0) is 36.4 Å². The number of carbonyl (C=O) groups is 6. The monoisotopic (exact) mass is 364 g/mol. The van der Waals surface area contributed by atoms with Crippen molar-refractivity contribution in [2.75, 3.05) is 0 Å². The van der Waals surface area contributed by atoms with Crippen molar-refractivity contribution in [2.24, 2.45) is 0 Å². The van der Waals surface area contributed by atoms with Crippen LogP contribution in [0.5, 0.6) is 0 Å². The van der Waals surface area contributed by atoms with Crippen LogP contribution in [0.1, 0.15) is 68.6 Å². The van der Waals surface area contributed by atoms with Crippen molar-refractivity contribution in [1.82, 2.24) is 0 Å². The van der Waals surface area contributed by atoms with Crippen molar-refractivity contribution in [3.05, 3.63) is 69.8 Å². The minimum atomic E-state index is -0.967. The number of Topliss-reactive ketones (excluding diaryl/α,β-unsaturated/α-hetero) is 2. The zero-order valence-electron chi connectivity index (χ0n) is 13.4. The smallest absolute Gasteiger partial charge is 0.346 e. The first-order chi connectivity index (χ1) is 12.8. The molecule has 27 heavy (non-hydrogen) atoms. The summed E-state index contributed by atoms with van der Waals surface area (Å²) in [6, 6.07) is 7.65. The fourth-order valence-corrected chi connectivity index (χ4v) is 2.90. The Hall–Kier alpha value is -3.94. The average molecular weight is 364 g/mol. The van der Waals surface area contributed by atoms with E-state index in [2.05, 4.69) is 9.47 Å². The highest BCUT2D eigenvalue weighted by atomic mass is 16.6. The molecule has 0 atom stereocenters. The van der Waals surface area contributed by atoms with Crippen LogP contribution in [0.15, 0.2) is 36.4 Å². The Balaban J connectivity index is 1.63. The average Bonchev–Trinajstić information content (AvgIpc) is 2.64. The third kappa shape index (κ3) is 2.63. The molecule has 2 aliphatic heterocycles. The predicted molar refractivity (Wildman–Crippen MR) is 85.7 cm³/mol. The maximum atomic E-state index is 12.5. The van der Waals surface area contributed by atoms with Crippen molar-refractivity contribution in [2.45, 2.75) is 6.42 Å². The molecule has 0 unspecified atom stereocenters. The molecule has 2 aromatic rings. The number of hydrogen-bond acceptors (Lipinski definition) is 8. The lowest BCUT2D eigenvalue weighted by atomic mass is 9.92. The molecule has 0 saturated heterocycles. The summed E-state index contributed by atoms with van der Waals surface area (Å²) in [5, 5.41) is 0. The van der Waals surface area contributed by atoms with Crippen molar-refractivity contribution < 1.29 is 38.2 Å². The Morgan fingerprint density at radius 3 is 1.44 bits per heavy atom. The van der Waals surface area contributed by atoms with E-state index in [1.54, 1.807) is 0 Å². The van der Waals surface area contributed by atoms with Gasteiger partial charge in [0.15, 0.2) is 11.6 Å². The van der Waals surface area contributed by atoms with Gasteiger partial charge in [0, 0.05) is 11.1 Å². The summed E-state index contributed by atoms with van der Waals surface area (Å²) in [5.41, 5.74) is -0.0850. The highest BCUT2D eigenvalue weighted by molar-refractivity contribution is 6.21. The summed E-state index contributed by atoms with van der Waals surface area (Å²) in [6.07, 6.45) is -0.624. The van der Waals surface area contributed by atoms with Gasteiger partial charge in [0.25, 0.3) is 0 Å². The lowest BCUT2D eigenvalue weighted by molar-refractivity contribution is 0.0366. The van der Waals surface area contributed by atoms with E-state index in [1.807, 2.05) is 0 Å². The first-order valence-electron chi connectivity index (χ1n) is 7.72. The Labute approximate surface area is 150 Å². The summed E-state index contributed by atoms with van der Waals surface area (Å²) in [5.74, 6) is -4.91. The van der Waals surface area contributed by atoms with Crippen LogP contribution in [-0.4, -0.2) is 35.4 Å². The number of hydrogen-bond donors (Lipinski definition) is 0. The third-order valence-electron chi connectivity index (χ3n) is 4.24. The molecule has 132 valence electrons. The Kier molecular flexibility index (Phi) is 3.55. The topological polar surface area (TPSA) is 121 Å². The molecule has 2 aromatic carbocycles. The molecule has 0 fully saturated rings. The maximum absolute atomic E-state index is 12.5. The SMILES string of the molecule is O=C1OC(=O)c2cc1ccc2C(=O)CC(=O)c1ccc2cc1C(=O)OC2=O. The largest absolute Gasteiger partial charge is 0.386 e. The Morgan fingerprint density at radius 2 is 1.04 bits per heavy atom. The standard InChI is InChI=1S/C19H8O8/c20-14(10-3-1-8-5-12(10)18(24)26-16(8)22)7-15(21)11-4-2-9-6-13(11)19(25)27-17(9)23/h1-6H,7H2. The molecular formula is C19H8O8. The molecule has 0 N–H and O–H groups in total. The number of carbonyl (C=O) groups excluding carboxylic acids is 6. The lowest BCUT2D eigenvalue weighted by Crippen LogP contribution is -2.24. The van der Waals surface area contributed by atoms with Crippen LogP contribution in [0.2, 0.25) is 0 Å². The van der Waals surface area contributed by atoms with Crippen LogP contribution in [-0.2, 0) is 9.47 Å². The van der Waals surface area contributed by atoms with E-state index in [-0.39, 0.29) is 33.4 Å². The molecule has 2 aliphatic rings. The van der Waals surface area contributed by atoms with E-state index in [0.29, 0.717) is 0 Å². The van der Waals surface area contributed by atoms with E-state index in [0.717, 1.165) is 0 Å². The quantitative estimate of drug-likeness (QED) is 0.457. The molecular weight excluding hydrogens is 356 g/mol. The summed E-state index contributed by atoms with van der Waals surface area (Å²) < 4.78 is 9.04. The lowest BCUT2D eigenvalue weighted by Gasteiger charge is -2.15. The van der Waals surface area contributed by atoms with Crippen molar-refractivity contribution in [3.63, 3.8) is 0 Å². The van der Waals surface area contributed by atoms with Crippen LogP contribution in [0.3, 0.4) is 0 Å². The number of ether oxygens (including phenoxy) is 2. The minimum Gasteiger partial charge on any atom is -0.386 e. The summed E-state index contributed by atoms with van der Waals surface area (Å²) in [7, 11) is 0. The first kappa shape index (κ1) is 16.5. The molecule has 0 amide bonds. The van der Waals surface area contributed by atoms with Gasteiger partial charge in [-0.25, -0.2) is 19.2 Å². The second kappa shape index (κ2) is 5.80. The summed E-state index contributed by atoms with van der Waals surface area (Å²) in [6.45, 7) is 0. The fourth-order valence-electron chi connectivity index (χ4n) is 2.90. The van der Waals surface area contributed by atoms with E-state index >= 15 is 0 Å². The molecule has 8 heteroatoms. The number of esters is 4. The Morgan fingerprint density at radius 1 is 0.630 bits per heavy atom. The number of fused-ring (bicyclic) bond motifs is 4. The molecule has 2 heterocycles. The van der Waals surface area contributed by atoms with Gasteiger partial charge in [-0.1, -0.05) is 0 Å². The molecule has 0 aliphatic carbocycles. The van der Waals surface area contributed by atoms with Crippen molar-refractivity contribution >= 4 is 35.4 Å². The number of cyclic esters (lactones) is 4. The zero-order chi connectivity index (χ0) is 19.3. The molecule has 4 bridgehead atoms. The predicted octanol–water partition coefficient (Wildman–Crippen LogP) is 1.76. The van der Waals surface area contributed by atoms with Crippen LogP contribution in [0, 0.1) is 0 Å². The van der Waals surface area contributed by atoms with Crippen LogP contribution in [0.4, 0.5) is 0 Å². The molecule has 0 aromatic heterocycles. The fraction of sp³-hybridized carbons (Fsp3) is 0.0526. The normalized spacial score (nSPS) is 14.5. The van der Waals surface area contributed by atoms with Gasteiger partial charge in [0.1, 0.15) is 0 Å². The van der Waals surface area contributed by atoms with Gasteiger partial charge in [-0.3, -0.25) is 9.59 Å². The van der Waals surface area contributed by atoms with E-state index in [4.69, 9.17) is 0 Å². The van der Waals surface area contributed by atoms with Crippen LogP contribution < -0.4 is 0 Å². The first-order valence-corrected chi connectivity index (χ1v) is 7.72. The number of rotatable bonds is 4. The molecule has 0 radical (unpaired) electrons. The van der Waals surface area contributed by atoms with E-state index < -0.39 is 41.9 Å². The molecule has 0 saturated carbocycles. The molecule has 0 spiro atoms. The van der Waals surface area contributed by atoms with Gasteiger partial charge in [0.2, 0.25) is 0 Å². The van der Waals surface area contributed by atoms with E-state index in [9.17, 15) is 28.8 Å². The number of benzene rings is 2. The van der Waals surface area contributed by atoms with Crippen molar-refractivity contribution in [1.29, 1.82) is 0 Å². The van der Waals surface area contributed by atoms with Gasteiger partial charge in [-0.2, -0.15) is 0 Å². The number of ketones is 2. The van der Waals surface area contributed by atoms with Crippen LogP contribution >= 0.6 is 0 Å². The van der Waals surface area contributed by atoms with Gasteiger partial charge >= 0.3 is 23.9 Å². The molecule has 8 nitrogen and oxygen atoms in total. The summed E-state index contributed by atoms with van der Waals surface area (Å²) >= 11 is 0. The van der Waals surface area contributed by atoms with Gasteiger partial charge in [-0.15, -0.1) is 0 Å². The Bertz CT molecular complexity index is 1020. The van der Waals surface area contributed by atoms with E-state index in [1.165, 1.54) is 36.4 Å². The zero-order valence-corrected chi connectivity index (χ0v) is 13.4. The van der Waals surface area contributed by atoms with Crippen LogP contribution in [0.25, 0.3) is 0 Å². The second-order valence-electron chi connectivity index (χ2n) is 5.90.